The molecule has 0 spiro atoms. The van der Waals surface area contributed by atoms with Crippen molar-refractivity contribution >= 4 is 27.6 Å². The zero-order valence-electron chi connectivity index (χ0n) is 12.7. The number of rotatable bonds is 2. The summed E-state index contributed by atoms with van der Waals surface area (Å²) in [4.78, 5) is 15.0. The Morgan fingerprint density at radius 3 is 2.57 bits per heavy atom. The third kappa shape index (κ3) is 2.98. The van der Waals surface area contributed by atoms with Crippen molar-refractivity contribution in [2.45, 2.75) is 19.4 Å². The van der Waals surface area contributed by atoms with E-state index >= 15 is 0 Å². The van der Waals surface area contributed by atoms with Gasteiger partial charge in [-0.1, -0.05) is 0 Å². The Morgan fingerprint density at radius 2 is 2.04 bits per heavy atom. The van der Waals surface area contributed by atoms with Gasteiger partial charge >= 0.3 is 0 Å². The zero-order chi connectivity index (χ0) is 17.6. The van der Waals surface area contributed by atoms with Crippen LogP contribution < -0.4 is 11.1 Å². The molecule has 1 aromatic rings. The average molecular weight is 346 g/mol. The van der Waals surface area contributed by atoms with Crippen molar-refractivity contribution in [3.8, 4) is 0 Å². The number of sulfonamides is 1. The van der Waals surface area contributed by atoms with Crippen molar-refractivity contribution < 1.29 is 22.0 Å². The van der Waals surface area contributed by atoms with Crippen LogP contribution in [0.25, 0.3) is 0 Å². The highest BCUT2D eigenvalue weighted by molar-refractivity contribution is 7.89. The van der Waals surface area contributed by atoms with Crippen LogP contribution in [0.2, 0.25) is 0 Å². The Kier molecular flexibility index (Phi) is 4.05. The van der Waals surface area contributed by atoms with Gasteiger partial charge in [-0.05, 0) is 19.1 Å². The van der Waals surface area contributed by atoms with Gasteiger partial charge in [0.05, 0.1) is 17.0 Å². The SMILES string of the molecule is CC(=O)Nc1ccc(F)c([C@]2(C)CS(=O)(=O)N(C)C(N)=N2)c1F. The van der Waals surface area contributed by atoms with Crippen LogP contribution in [0.3, 0.4) is 0 Å². The van der Waals surface area contributed by atoms with Gasteiger partial charge < -0.3 is 11.1 Å². The maximum absolute atomic E-state index is 14.6. The second-order valence-electron chi connectivity index (χ2n) is 5.43. The van der Waals surface area contributed by atoms with Gasteiger partial charge in [0.15, 0.2) is 5.82 Å². The number of halogens is 2. The van der Waals surface area contributed by atoms with E-state index in [4.69, 9.17) is 5.73 Å². The van der Waals surface area contributed by atoms with E-state index in [0.29, 0.717) is 0 Å². The largest absolute Gasteiger partial charge is 0.369 e. The van der Waals surface area contributed by atoms with Crippen LogP contribution >= 0.6 is 0 Å². The fraction of sp³-hybridized carbons (Fsp3) is 0.385. The maximum Gasteiger partial charge on any atom is 0.239 e. The molecule has 23 heavy (non-hydrogen) atoms. The Hall–Kier alpha value is -2.23. The van der Waals surface area contributed by atoms with Crippen molar-refractivity contribution in [1.82, 2.24) is 4.31 Å². The fourth-order valence-corrected chi connectivity index (χ4v) is 3.85. The first-order valence-corrected chi connectivity index (χ1v) is 8.17. The number of amides is 1. The van der Waals surface area contributed by atoms with E-state index in [1.807, 2.05) is 0 Å². The quantitative estimate of drug-likeness (QED) is 0.823. The lowest BCUT2D eigenvalue weighted by Crippen LogP contribution is -2.50. The van der Waals surface area contributed by atoms with Crippen LogP contribution in [0.15, 0.2) is 17.1 Å². The first kappa shape index (κ1) is 17.1. The molecule has 0 radical (unpaired) electrons. The minimum Gasteiger partial charge on any atom is -0.369 e. The van der Waals surface area contributed by atoms with Crippen LogP contribution in [0.5, 0.6) is 0 Å². The highest BCUT2D eigenvalue weighted by Gasteiger charge is 2.43. The molecule has 1 aliphatic rings. The molecule has 126 valence electrons. The summed E-state index contributed by atoms with van der Waals surface area (Å²) in [6.45, 7) is 2.43. The smallest absolute Gasteiger partial charge is 0.239 e. The molecule has 0 aliphatic carbocycles. The van der Waals surface area contributed by atoms with E-state index in [0.717, 1.165) is 16.4 Å². The lowest BCUT2D eigenvalue weighted by molar-refractivity contribution is -0.114. The molecule has 0 saturated carbocycles. The molecular weight excluding hydrogens is 330 g/mol. The van der Waals surface area contributed by atoms with Gasteiger partial charge in [0, 0.05) is 14.0 Å². The van der Waals surface area contributed by atoms with Crippen LogP contribution in [-0.4, -0.2) is 37.4 Å². The molecule has 1 aromatic carbocycles. The molecule has 1 heterocycles. The van der Waals surface area contributed by atoms with Gasteiger partial charge in [0.25, 0.3) is 0 Å². The fourth-order valence-electron chi connectivity index (χ4n) is 2.41. The number of nitrogens with two attached hydrogens (primary N) is 1. The summed E-state index contributed by atoms with van der Waals surface area (Å²) in [6.07, 6.45) is 0. The molecule has 0 bridgehead atoms. The van der Waals surface area contributed by atoms with Crippen molar-refractivity contribution in [1.29, 1.82) is 0 Å². The second-order valence-corrected chi connectivity index (χ2v) is 7.43. The van der Waals surface area contributed by atoms with Gasteiger partial charge in [-0.25, -0.2) is 26.5 Å². The van der Waals surface area contributed by atoms with Gasteiger partial charge in [0.1, 0.15) is 11.4 Å². The Labute approximate surface area is 132 Å². The first-order valence-electron chi connectivity index (χ1n) is 6.56. The van der Waals surface area contributed by atoms with E-state index in [9.17, 15) is 22.0 Å². The van der Waals surface area contributed by atoms with Crippen molar-refractivity contribution in [2.75, 3.05) is 18.1 Å². The number of carbonyl (C=O) groups excluding carboxylic acids is 1. The highest BCUT2D eigenvalue weighted by Crippen LogP contribution is 2.37. The minimum absolute atomic E-state index is 0.264. The predicted octanol–water partition coefficient (Wildman–Crippen LogP) is 0.728. The van der Waals surface area contributed by atoms with Gasteiger partial charge in [-0.2, -0.15) is 0 Å². The number of nitrogens with one attached hydrogen (secondary N) is 1. The summed E-state index contributed by atoms with van der Waals surface area (Å²) in [5.74, 6) is -3.64. The molecule has 0 saturated heterocycles. The number of benzene rings is 1. The Morgan fingerprint density at radius 1 is 1.43 bits per heavy atom. The molecular formula is C13H16F2N4O3S. The molecule has 10 heteroatoms. The van der Waals surface area contributed by atoms with Crippen LogP contribution in [0.1, 0.15) is 19.4 Å². The van der Waals surface area contributed by atoms with Crippen molar-refractivity contribution in [3.63, 3.8) is 0 Å². The summed E-state index contributed by atoms with van der Waals surface area (Å²) < 4.78 is 53.8. The summed E-state index contributed by atoms with van der Waals surface area (Å²) >= 11 is 0. The van der Waals surface area contributed by atoms with E-state index in [1.165, 1.54) is 20.9 Å². The molecule has 2 rings (SSSR count). The third-order valence-corrected chi connectivity index (χ3v) is 5.45. The van der Waals surface area contributed by atoms with Gasteiger partial charge in [0.2, 0.25) is 21.9 Å². The molecule has 3 N–H and O–H groups in total. The topological polar surface area (TPSA) is 105 Å². The third-order valence-electron chi connectivity index (χ3n) is 3.51. The molecule has 1 amide bonds. The number of guanidine groups is 1. The molecule has 1 atom stereocenters. The molecule has 0 fully saturated rings. The van der Waals surface area contributed by atoms with Crippen molar-refractivity contribution in [2.24, 2.45) is 10.7 Å². The zero-order valence-corrected chi connectivity index (χ0v) is 13.5. The number of carbonyl (C=O) groups is 1. The summed E-state index contributed by atoms with van der Waals surface area (Å²) in [5, 5.41) is 2.22. The number of aliphatic imine (C=N–C) groups is 1. The standard InChI is InChI=1S/C13H16F2N4O3S/c1-7(20)17-9-5-4-8(14)10(11(9)15)13(2)6-23(21,22)19(3)12(16)18-13/h4-5H,6H2,1-3H3,(H2,16,18)(H,17,20)/t13-/m0/s1. The lowest BCUT2D eigenvalue weighted by Gasteiger charge is -2.35. The van der Waals surface area contributed by atoms with E-state index in [-0.39, 0.29) is 11.6 Å². The summed E-state index contributed by atoms with van der Waals surface area (Å²) in [7, 11) is -2.68. The first-order chi connectivity index (χ1) is 10.5. The maximum atomic E-state index is 14.6. The number of nitrogens with zero attached hydrogens (tertiary/aromatic N) is 2. The molecule has 0 aromatic heterocycles. The van der Waals surface area contributed by atoms with E-state index < -0.39 is 44.4 Å². The normalized spacial score (nSPS) is 23.3. The van der Waals surface area contributed by atoms with E-state index in [2.05, 4.69) is 10.3 Å². The summed E-state index contributed by atoms with van der Waals surface area (Å²) in [6, 6.07) is 1.99. The van der Waals surface area contributed by atoms with Gasteiger partial charge in [-0.3, -0.25) is 4.79 Å². The van der Waals surface area contributed by atoms with Crippen molar-refractivity contribution in [3.05, 3.63) is 29.3 Å². The Bertz CT molecular complexity index is 810. The lowest BCUT2D eigenvalue weighted by atomic mass is 9.92. The minimum atomic E-state index is -3.88. The summed E-state index contributed by atoms with van der Waals surface area (Å²) in [5.41, 5.74) is 2.99. The average Bonchev–Trinajstić information content (AvgIpc) is 2.38. The Balaban J connectivity index is 2.68. The highest BCUT2D eigenvalue weighted by atomic mass is 32.2. The second kappa shape index (κ2) is 5.44. The molecule has 7 nitrogen and oxygen atoms in total. The molecule has 1 aliphatic heterocycles. The predicted molar refractivity (Wildman–Crippen MR) is 81.2 cm³/mol. The van der Waals surface area contributed by atoms with E-state index in [1.54, 1.807) is 0 Å². The van der Waals surface area contributed by atoms with Crippen LogP contribution in [0, 0.1) is 11.6 Å². The number of hydrogen-bond acceptors (Lipinski definition) is 5. The van der Waals surface area contributed by atoms with Gasteiger partial charge in [-0.15, -0.1) is 0 Å². The van der Waals surface area contributed by atoms with Crippen LogP contribution in [-0.2, 0) is 20.4 Å². The number of anilines is 1. The monoisotopic (exact) mass is 346 g/mol. The van der Waals surface area contributed by atoms with Crippen LogP contribution in [0.4, 0.5) is 14.5 Å². The molecule has 0 unspecified atom stereocenters. The number of hydrogen-bond donors (Lipinski definition) is 2.